The third kappa shape index (κ3) is 1.46. The molecule has 0 radical (unpaired) electrons. The van der Waals surface area contributed by atoms with Crippen molar-refractivity contribution < 1.29 is 5.11 Å². The lowest BCUT2D eigenvalue weighted by molar-refractivity contribution is 0.152. The Labute approximate surface area is 77.6 Å². The summed E-state index contributed by atoms with van der Waals surface area (Å²) in [7, 11) is 0. The number of hydrogen-bond donors (Lipinski definition) is 1. The maximum atomic E-state index is 9.43. The molecule has 0 unspecified atom stereocenters. The average Bonchev–Trinajstić information content (AvgIpc) is 2.45. The Morgan fingerprint density at radius 1 is 1.62 bits per heavy atom. The minimum Gasteiger partial charge on any atom is -0.387 e. The number of nitrogens with zero attached hydrogens (tertiary/aromatic N) is 3. The van der Waals surface area contributed by atoms with E-state index in [-0.39, 0.29) is 0 Å². The summed E-state index contributed by atoms with van der Waals surface area (Å²) in [5.74, 6) is 0.788. The van der Waals surface area contributed by atoms with Crippen molar-refractivity contribution >= 4 is 0 Å². The molecule has 1 aliphatic carbocycles. The first-order valence-corrected chi connectivity index (χ1v) is 4.76. The third-order valence-corrected chi connectivity index (χ3v) is 2.73. The molecule has 1 saturated carbocycles. The fourth-order valence-corrected chi connectivity index (χ4v) is 1.89. The molecule has 0 spiro atoms. The lowest BCUT2D eigenvalue weighted by Crippen LogP contribution is -2.27. The predicted octanol–water partition coefficient (Wildman–Crippen LogP) is 1.30. The first kappa shape index (κ1) is 8.69. The topological polar surface area (TPSA) is 50.9 Å². The average molecular weight is 181 g/mol. The minimum absolute atomic E-state index is 0.460. The van der Waals surface area contributed by atoms with Crippen LogP contribution in [0, 0.1) is 5.92 Å². The molecule has 1 atom stereocenters. The summed E-state index contributed by atoms with van der Waals surface area (Å²) in [6.07, 6.45) is 3.49. The molecular formula is C9H15N3O. The van der Waals surface area contributed by atoms with Crippen LogP contribution in [0.25, 0.3) is 0 Å². The molecule has 0 amide bonds. The zero-order valence-electron chi connectivity index (χ0n) is 8.01. The third-order valence-electron chi connectivity index (χ3n) is 2.73. The van der Waals surface area contributed by atoms with Crippen LogP contribution in [0.15, 0.2) is 6.20 Å². The zero-order valence-corrected chi connectivity index (χ0v) is 8.01. The van der Waals surface area contributed by atoms with Crippen molar-refractivity contribution in [3.63, 3.8) is 0 Å². The summed E-state index contributed by atoms with van der Waals surface area (Å²) in [6.45, 7) is 3.98. The van der Waals surface area contributed by atoms with Crippen LogP contribution in [-0.4, -0.2) is 20.1 Å². The van der Waals surface area contributed by atoms with E-state index in [1.165, 1.54) is 0 Å². The van der Waals surface area contributed by atoms with Gasteiger partial charge in [0.25, 0.3) is 0 Å². The van der Waals surface area contributed by atoms with Crippen molar-refractivity contribution in [3.05, 3.63) is 11.9 Å². The van der Waals surface area contributed by atoms with Gasteiger partial charge in [0.2, 0.25) is 0 Å². The van der Waals surface area contributed by atoms with Gasteiger partial charge in [-0.15, -0.1) is 5.10 Å². The van der Waals surface area contributed by atoms with Crippen LogP contribution in [0.4, 0.5) is 0 Å². The summed E-state index contributed by atoms with van der Waals surface area (Å²) >= 11 is 0. The van der Waals surface area contributed by atoms with E-state index in [2.05, 4.69) is 17.2 Å². The number of aliphatic hydroxyl groups is 1. The molecule has 2 rings (SSSR count). The first-order chi connectivity index (χ1) is 6.18. The predicted molar refractivity (Wildman–Crippen MR) is 48.1 cm³/mol. The largest absolute Gasteiger partial charge is 0.387 e. The van der Waals surface area contributed by atoms with Crippen molar-refractivity contribution in [1.29, 1.82) is 0 Å². The van der Waals surface area contributed by atoms with Crippen molar-refractivity contribution in [2.75, 3.05) is 0 Å². The summed E-state index contributed by atoms with van der Waals surface area (Å²) in [5.41, 5.74) is 0.830. The summed E-state index contributed by atoms with van der Waals surface area (Å²) in [5, 5.41) is 17.3. The van der Waals surface area contributed by atoms with E-state index in [0.717, 1.165) is 24.5 Å². The van der Waals surface area contributed by atoms with Crippen LogP contribution in [0.2, 0.25) is 0 Å². The lowest BCUT2D eigenvalue weighted by atomic mass is 9.82. The van der Waals surface area contributed by atoms with Gasteiger partial charge in [-0.3, -0.25) is 0 Å². The van der Waals surface area contributed by atoms with Gasteiger partial charge in [-0.2, -0.15) is 0 Å². The Morgan fingerprint density at radius 2 is 2.31 bits per heavy atom. The minimum atomic E-state index is -0.467. The Balaban J connectivity index is 2.16. The van der Waals surface area contributed by atoms with Crippen molar-refractivity contribution in [3.8, 4) is 0 Å². The second-order valence-electron chi connectivity index (χ2n) is 4.01. The second-order valence-corrected chi connectivity index (χ2v) is 4.01. The molecule has 0 aliphatic heterocycles. The Hall–Kier alpha value is -0.900. The molecule has 1 aromatic heterocycles. The molecule has 1 heterocycles. The van der Waals surface area contributed by atoms with Crippen LogP contribution in [0.3, 0.4) is 0 Å². The fourth-order valence-electron chi connectivity index (χ4n) is 1.89. The van der Waals surface area contributed by atoms with E-state index >= 15 is 0 Å². The number of aromatic nitrogens is 3. The van der Waals surface area contributed by atoms with Crippen molar-refractivity contribution in [2.45, 2.75) is 38.8 Å². The van der Waals surface area contributed by atoms with Gasteiger partial charge in [0.05, 0.1) is 24.0 Å². The zero-order chi connectivity index (χ0) is 9.42. The highest BCUT2D eigenvalue weighted by molar-refractivity contribution is 5.01. The van der Waals surface area contributed by atoms with E-state index in [0.29, 0.717) is 6.04 Å². The van der Waals surface area contributed by atoms with Crippen LogP contribution in [-0.2, 0) is 0 Å². The highest BCUT2D eigenvalue weighted by Crippen LogP contribution is 2.37. The lowest BCUT2D eigenvalue weighted by Gasteiger charge is -2.33. The summed E-state index contributed by atoms with van der Waals surface area (Å²) in [4.78, 5) is 0. The Bertz CT molecular complexity index is 289. The molecule has 1 aliphatic rings. The standard InChI is InChI=1S/C9H15N3O/c1-6-3-8(4-6)12-9(7(2)13)5-10-11-12/h5-8,13H,3-4H2,1-2H3/t6?,7-,8?/m1/s1. The van der Waals surface area contributed by atoms with Crippen LogP contribution >= 0.6 is 0 Å². The van der Waals surface area contributed by atoms with E-state index < -0.39 is 6.10 Å². The van der Waals surface area contributed by atoms with Gasteiger partial charge in [0.1, 0.15) is 0 Å². The molecule has 4 heteroatoms. The molecule has 72 valence electrons. The Morgan fingerprint density at radius 3 is 2.85 bits per heavy atom. The number of hydrogen-bond acceptors (Lipinski definition) is 3. The molecule has 1 aromatic rings. The molecule has 4 nitrogen and oxygen atoms in total. The maximum Gasteiger partial charge on any atom is 0.0945 e. The fraction of sp³-hybridized carbons (Fsp3) is 0.778. The van der Waals surface area contributed by atoms with E-state index in [4.69, 9.17) is 0 Å². The van der Waals surface area contributed by atoms with E-state index in [9.17, 15) is 5.11 Å². The van der Waals surface area contributed by atoms with Crippen molar-refractivity contribution in [1.82, 2.24) is 15.0 Å². The van der Waals surface area contributed by atoms with Crippen molar-refractivity contribution in [2.24, 2.45) is 5.92 Å². The van der Waals surface area contributed by atoms with Crippen LogP contribution < -0.4 is 0 Å². The van der Waals surface area contributed by atoms with E-state index in [1.807, 2.05) is 4.68 Å². The highest BCUT2D eigenvalue weighted by Gasteiger charge is 2.29. The molecule has 0 aromatic carbocycles. The quantitative estimate of drug-likeness (QED) is 0.748. The molecular weight excluding hydrogens is 166 g/mol. The first-order valence-electron chi connectivity index (χ1n) is 4.76. The Kier molecular flexibility index (Phi) is 2.07. The van der Waals surface area contributed by atoms with Gasteiger partial charge < -0.3 is 5.11 Å². The van der Waals surface area contributed by atoms with Gasteiger partial charge in [0, 0.05) is 0 Å². The van der Waals surface area contributed by atoms with Gasteiger partial charge >= 0.3 is 0 Å². The highest BCUT2D eigenvalue weighted by atomic mass is 16.3. The number of rotatable bonds is 2. The smallest absolute Gasteiger partial charge is 0.0945 e. The monoisotopic (exact) mass is 181 g/mol. The van der Waals surface area contributed by atoms with Gasteiger partial charge in [0.15, 0.2) is 0 Å². The van der Waals surface area contributed by atoms with Crippen LogP contribution in [0.5, 0.6) is 0 Å². The molecule has 1 N–H and O–H groups in total. The molecule has 0 bridgehead atoms. The SMILES string of the molecule is CC1CC(n2nncc2[C@@H](C)O)C1. The molecule has 0 saturated heterocycles. The van der Waals surface area contributed by atoms with Gasteiger partial charge in [-0.1, -0.05) is 12.1 Å². The summed E-state index contributed by atoms with van der Waals surface area (Å²) in [6, 6.07) is 0.460. The summed E-state index contributed by atoms with van der Waals surface area (Å²) < 4.78 is 1.87. The molecule has 1 fully saturated rings. The molecule has 13 heavy (non-hydrogen) atoms. The maximum absolute atomic E-state index is 9.43. The van der Waals surface area contributed by atoms with Gasteiger partial charge in [-0.05, 0) is 25.7 Å². The normalized spacial score (nSPS) is 29.8. The van der Waals surface area contributed by atoms with Crippen LogP contribution in [0.1, 0.15) is 44.5 Å². The van der Waals surface area contributed by atoms with E-state index in [1.54, 1.807) is 13.1 Å². The van der Waals surface area contributed by atoms with Gasteiger partial charge in [-0.25, -0.2) is 4.68 Å². The second kappa shape index (κ2) is 3.10. The number of aliphatic hydroxyl groups excluding tert-OH is 1.